The number of halogens is 2. The fraction of sp³-hybridized carbons (Fsp3) is 0. The van der Waals surface area contributed by atoms with Crippen molar-refractivity contribution in [2.24, 2.45) is 5.10 Å². The summed E-state index contributed by atoms with van der Waals surface area (Å²) in [5, 5.41) is 13.7. The molecule has 0 aliphatic rings. The minimum atomic E-state index is -0.614. The number of carbonyl (C=O) groups excluding carboxylic acids is 1. The minimum absolute atomic E-state index is 0.000707. The molecule has 0 bridgehead atoms. The molecule has 0 saturated heterocycles. The zero-order valence-corrected chi connectivity index (χ0v) is 11.6. The highest BCUT2D eigenvalue weighted by atomic mass is 35.5. The van der Waals surface area contributed by atoms with Crippen LogP contribution in [0.15, 0.2) is 41.8 Å². The number of aromatic nitrogens is 1. The number of nitrogens with one attached hydrogen (secondary N) is 1. The van der Waals surface area contributed by atoms with Crippen LogP contribution in [0.4, 0.5) is 0 Å². The molecular weight excluding hydrogens is 301 g/mol. The Hall–Kier alpha value is -2.11. The van der Waals surface area contributed by atoms with Gasteiger partial charge in [-0.15, -0.1) is 0 Å². The normalized spacial score (nSPS) is 10.7. The van der Waals surface area contributed by atoms with Crippen LogP contribution in [0, 0.1) is 0 Å². The maximum Gasteiger partial charge on any atom is 0.275 e. The summed E-state index contributed by atoms with van der Waals surface area (Å²) in [4.78, 5) is 15.7. The van der Waals surface area contributed by atoms with Gasteiger partial charge in [-0.05, 0) is 29.8 Å². The van der Waals surface area contributed by atoms with Gasteiger partial charge in [0.1, 0.15) is 5.75 Å². The monoisotopic (exact) mass is 309 g/mol. The second kappa shape index (κ2) is 6.36. The molecule has 1 heterocycles. The second-order valence-electron chi connectivity index (χ2n) is 3.76. The standard InChI is InChI=1S/C13H9Cl2N3O2/c14-9-5-10(12(19)11(15)6-9)13(20)18-17-7-8-1-3-16-4-2-8/h1-7,19H,(H,18,20)/b17-7-. The van der Waals surface area contributed by atoms with E-state index in [1.165, 1.54) is 18.3 Å². The van der Waals surface area contributed by atoms with Gasteiger partial charge in [-0.1, -0.05) is 23.2 Å². The predicted molar refractivity (Wildman–Crippen MR) is 77.4 cm³/mol. The molecule has 0 aliphatic heterocycles. The molecule has 1 amide bonds. The van der Waals surface area contributed by atoms with Gasteiger partial charge in [0.2, 0.25) is 0 Å². The smallest absolute Gasteiger partial charge is 0.275 e. The van der Waals surface area contributed by atoms with E-state index < -0.39 is 5.91 Å². The molecule has 0 atom stereocenters. The van der Waals surface area contributed by atoms with Crippen molar-refractivity contribution >= 4 is 35.3 Å². The maximum absolute atomic E-state index is 11.8. The molecular formula is C13H9Cl2N3O2. The average Bonchev–Trinajstić information content (AvgIpc) is 2.44. The lowest BCUT2D eigenvalue weighted by molar-refractivity contribution is 0.0952. The number of phenolic OH excluding ortho intramolecular Hbond substituents is 1. The first-order valence-corrected chi connectivity index (χ1v) is 6.25. The Bertz CT molecular complexity index is 660. The van der Waals surface area contributed by atoms with E-state index in [4.69, 9.17) is 23.2 Å². The van der Waals surface area contributed by atoms with Gasteiger partial charge in [0.15, 0.2) is 0 Å². The maximum atomic E-state index is 11.8. The number of phenols is 1. The Kier molecular flexibility index (Phi) is 4.55. The van der Waals surface area contributed by atoms with E-state index in [1.807, 2.05) is 0 Å². The molecule has 20 heavy (non-hydrogen) atoms. The summed E-state index contributed by atoms with van der Waals surface area (Å²) in [5.74, 6) is -0.954. The SMILES string of the molecule is O=C(N/N=C\c1ccncc1)c1cc(Cl)cc(Cl)c1O. The Morgan fingerprint density at radius 3 is 2.70 bits per heavy atom. The molecule has 5 nitrogen and oxygen atoms in total. The van der Waals surface area contributed by atoms with E-state index in [0.29, 0.717) is 0 Å². The van der Waals surface area contributed by atoms with Crippen molar-refractivity contribution in [3.05, 3.63) is 57.8 Å². The average molecular weight is 310 g/mol. The fourth-order valence-electron chi connectivity index (χ4n) is 1.41. The van der Waals surface area contributed by atoms with Crippen molar-refractivity contribution in [3.8, 4) is 5.75 Å². The zero-order valence-electron chi connectivity index (χ0n) is 10.0. The topological polar surface area (TPSA) is 74.6 Å². The Labute approximate surface area is 124 Å². The van der Waals surface area contributed by atoms with Crippen molar-refractivity contribution in [2.45, 2.75) is 0 Å². The number of amides is 1. The molecule has 0 aliphatic carbocycles. The molecule has 1 aromatic carbocycles. The van der Waals surface area contributed by atoms with Gasteiger partial charge in [0.25, 0.3) is 5.91 Å². The summed E-state index contributed by atoms with van der Waals surface area (Å²) in [5.41, 5.74) is 3.00. The van der Waals surface area contributed by atoms with Gasteiger partial charge in [0, 0.05) is 17.4 Å². The number of carbonyl (C=O) groups is 1. The molecule has 2 rings (SSSR count). The number of hydrazone groups is 1. The lowest BCUT2D eigenvalue weighted by atomic mass is 10.2. The van der Waals surface area contributed by atoms with Crippen LogP contribution < -0.4 is 5.43 Å². The first-order valence-electron chi connectivity index (χ1n) is 5.49. The number of aromatic hydroxyl groups is 1. The van der Waals surface area contributed by atoms with E-state index in [9.17, 15) is 9.90 Å². The van der Waals surface area contributed by atoms with Gasteiger partial charge in [0.05, 0.1) is 16.8 Å². The van der Waals surface area contributed by atoms with Gasteiger partial charge in [-0.2, -0.15) is 5.10 Å². The summed E-state index contributed by atoms with van der Waals surface area (Å²) >= 11 is 11.5. The predicted octanol–water partition coefficient (Wildman–Crippen LogP) is 2.86. The molecule has 0 saturated carbocycles. The van der Waals surface area contributed by atoms with E-state index in [2.05, 4.69) is 15.5 Å². The number of pyridine rings is 1. The molecule has 102 valence electrons. The van der Waals surface area contributed by atoms with Crippen molar-refractivity contribution in [2.75, 3.05) is 0 Å². The van der Waals surface area contributed by atoms with E-state index >= 15 is 0 Å². The number of benzene rings is 1. The first kappa shape index (κ1) is 14.3. The number of hydrogen-bond acceptors (Lipinski definition) is 4. The molecule has 2 N–H and O–H groups in total. The molecule has 0 radical (unpaired) electrons. The summed E-state index contributed by atoms with van der Waals surface area (Å²) < 4.78 is 0. The second-order valence-corrected chi connectivity index (χ2v) is 4.61. The van der Waals surface area contributed by atoms with Gasteiger partial charge in [-0.3, -0.25) is 9.78 Å². The Morgan fingerprint density at radius 1 is 1.30 bits per heavy atom. The van der Waals surface area contributed by atoms with Crippen LogP contribution in [0.2, 0.25) is 10.0 Å². The largest absolute Gasteiger partial charge is 0.506 e. The summed E-state index contributed by atoms with van der Waals surface area (Å²) in [7, 11) is 0. The third-order valence-electron chi connectivity index (χ3n) is 2.36. The highest BCUT2D eigenvalue weighted by Crippen LogP contribution is 2.30. The minimum Gasteiger partial charge on any atom is -0.506 e. The van der Waals surface area contributed by atoms with Crippen molar-refractivity contribution < 1.29 is 9.90 Å². The zero-order chi connectivity index (χ0) is 14.5. The number of rotatable bonds is 3. The highest BCUT2D eigenvalue weighted by molar-refractivity contribution is 6.36. The van der Waals surface area contributed by atoms with Crippen molar-refractivity contribution in [3.63, 3.8) is 0 Å². The van der Waals surface area contributed by atoms with Gasteiger partial charge in [-0.25, -0.2) is 5.43 Å². The molecule has 0 spiro atoms. The van der Waals surface area contributed by atoms with E-state index in [1.54, 1.807) is 24.5 Å². The molecule has 1 aromatic heterocycles. The Morgan fingerprint density at radius 2 is 2.00 bits per heavy atom. The third-order valence-corrected chi connectivity index (χ3v) is 2.86. The van der Waals surface area contributed by atoms with Crippen LogP contribution >= 0.6 is 23.2 Å². The van der Waals surface area contributed by atoms with Crippen LogP contribution in [0.3, 0.4) is 0 Å². The lowest BCUT2D eigenvalue weighted by Crippen LogP contribution is -2.17. The van der Waals surface area contributed by atoms with Crippen LogP contribution in [-0.4, -0.2) is 22.2 Å². The van der Waals surface area contributed by atoms with Gasteiger partial charge >= 0.3 is 0 Å². The summed E-state index contributed by atoms with van der Waals surface area (Å²) in [6.45, 7) is 0. The number of hydrogen-bond donors (Lipinski definition) is 2. The summed E-state index contributed by atoms with van der Waals surface area (Å²) in [6.07, 6.45) is 4.65. The Balaban J connectivity index is 2.11. The van der Waals surface area contributed by atoms with Crippen LogP contribution in [0.1, 0.15) is 15.9 Å². The van der Waals surface area contributed by atoms with Crippen LogP contribution in [0.25, 0.3) is 0 Å². The molecule has 2 aromatic rings. The number of nitrogens with zero attached hydrogens (tertiary/aromatic N) is 2. The lowest BCUT2D eigenvalue weighted by Gasteiger charge is -2.05. The first-order chi connectivity index (χ1) is 9.58. The van der Waals surface area contributed by atoms with E-state index in [-0.39, 0.29) is 21.4 Å². The summed E-state index contributed by atoms with van der Waals surface area (Å²) in [6, 6.07) is 6.10. The van der Waals surface area contributed by atoms with E-state index in [0.717, 1.165) is 5.56 Å². The van der Waals surface area contributed by atoms with Crippen molar-refractivity contribution in [1.82, 2.24) is 10.4 Å². The van der Waals surface area contributed by atoms with Gasteiger partial charge < -0.3 is 5.11 Å². The highest BCUT2D eigenvalue weighted by Gasteiger charge is 2.14. The van der Waals surface area contributed by atoms with Crippen LogP contribution in [0.5, 0.6) is 5.75 Å². The third kappa shape index (κ3) is 3.46. The molecule has 0 unspecified atom stereocenters. The molecule has 0 fully saturated rings. The fourth-order valence-corrected chi connectivity index (χ4v) is 1.91. The molecule has 7 heteroatoms. The van der Waals surface area contributed by atoms with Crippen LogP contribution in [-0.2, 0) is 0 Å². The quantitative estimate of drug-likeness (QED) is 0.676. The van der Waals surface area contributed by atoms with Crippen molar-refractivity contribution in [1.29, 1.82) is 0 Å².